The summed E-state index contributed by atoms with van der Waals surface area (Å²) >= 11 is 0. The summed E-state index contributed by atoms with van der Waals surface area (Å²) in [6.07, 6.45) is 37.1. The van der Waals surface area contributed by atoms with Crippen molar-refractivity contribution in [3.63, 3.8) is 0 Å². The first-order valence-corrected chi connectivity index (χ1v) is 23.7. The highest BCUT2D eigenvalue weighted by molar-refractivity contribution is 5.70. The third-order valence-corrected chi connectivity index (χ3v) is 10.6. The topological polar surface area (TPSA) is 111 Å². The number of carboxylic acids is 1. The number of esters is 2. The molecule has 0 bridgehead atoms. The van der Waals surface area contributed by atoms with E-state index in [1.165, 1.54) is 161 Å². The summed E-state index contributed by atoms with van der Waals surface area (Å²) in [4.78, 5) is 36.9. The van der Waals surface area contributed by atoms with Crippen LogP contribution < -0.4 is 5.11 Å². The zero-order valence-corrected chi connectivity index (χ0v) is 37.5. The SMILES string of the molecule is CCCCCCCCCCCCCCCCCCCCCCCC(=O)OC(COC(=O)CCCCCCCCCCCC)COC(OCC[N+](C)(C)C)C(=O)[O-]. The van der Waals surface area contributed by atoms with E-state index < -0.39 is 24.3 Å². The first-order valence-electron chi connectivity index (χ1n) is 23.7. The molecule has 0 saturated carbocycles. The van der Waals surface area contributed by atoms with Gasteiger partial charge >= 0.3 is 11.9 Å². The van der Waals surface area contributed by atoms with Crippen LogP contribution in [0.2, 0.25) is 0 Å². The maximum Gasteiger partial charge on any atom is 0.306 e. The van der Waals surface area contributed by atoms with Crippen LogP contribution in [0.1, 0.15) is 226 Å². The van der Waals surface area contributed by atoms with Crippen molar-refractivity contribution in [3.8, 4) is 0 Å². The van der Waals surface area contributed by atoms with Gasteiger partial charge in [0, 0.05) is 12.8 Å². The Morgan fingerprint density at radius 3 is 1.14 bits per heavy atom. The minimum absolute atomic E-state index is 0.153. The second-order valence-corrected chi connectivity index (χ2v) is 17.4. The molecular formula is C47H91NO8. The monoisotopic (exact) mass is 798 g/mol. The predicted molar refractivity (Wildman–Crippen MR) is 228 cm³/mol. The fourth-order valence-electron chi connectivity index (χ4n) is 6.89. The number of nitrogens with zero attached hydrogens (tertiary/aromatic N) is 1. The molecule has 2 atom stereocenters. The van der Waals surface area contributed by atoms with Crippen molar-refractivity contribution in [2.45, 2.75) is 238 Å². The van der Waals surface area contributed by atoms with E-state index in [4.69, 9.17) is 18.9 Å². The lowest BCUT2D eigenvalue weighted by Crippen LogP contribution is -2.44. The summed E-state index contributed by atoms with van der Waals surface area (Å²) in [5, 5.41) is 11.7. The Balaban J connectivity index is 4.26. The fourth-order valence-corrected chi connectivity index (χ4v) is 6.89. The molecule has 0 saturated heterocycles. The lowest BCUT2D eigenvalue weighted by molar-refractivity contribution is -0.870. The average Bonchev–Trinajstić information content (AvgIpc) is 3.15. The van der Waals surface area contributed by atoms with Crippen LogP contribution in [-0.2, 0) is 33.3 Å². The molecule has 0 aliphatic rings. The number of rotatable bonds is 44. The van der Waals surface area contributed by atoms with Crippen molar-refractivity contribution in [3.05, 3.63) is 0 Å². The highest BCUT2D eigenvalue weighted by atomic mass is 16.7. The number of hydrogen-bond donors (Lipinski definition) is 0. The minimum atomic E-state index is -1.61. The normalized spacial score (nSPS) is 12.8. The van der Waals surface area contributed by atoms with E-state index >= 15 is 0 Å². The number of hydrogen-bond acceptors (Lipinski definition) is 8. The van der Waals surface area contributed by atoms with Crippen molar-refractivity contribution in [1.82, 2.24) is 0 Å². The van der Waals surface area contributed by atoms with Crippen molar-refractivity contribution in [1.29, 1.82) is 0 Å². The molecule has 56 heavy (non-hydrogen) atoms. The predicted octanol–water partition coefficient (Wildman–Crippen LogP) is 11.2. The first kappa shape index (κ1) is 54.3. The van der Waals surface area contributed by atoms with E-state index in [0.717, 1.165) is 38.5 Å². The molecule has 9 heteroatoms. The van der Waals surface area contributed by atoms with E-state index in [1.54, 1.807) is 0 Å². The molecule has 332 valence electrons. The third-order valence-electron chi connectivity index (χ3n) is 10.6. The second kappa shape index (κ2) is 40.1. The van der Waals surface area contributed by atoms with Gasteiger partial charge in [-0.15, -0.1) is 0 Å². The Morgan fingerprint density at radius 1 is 0.464 bits per heavy atom. The summed E-state index contributed by atoms with van der Waals surface area (Å²) in [6.45, 7) is 4.76. The lowest BCUT2D eigenvalue weighted by Gasteiger charge is -2.26. The second-order valence-electron chi connectivity index (χ2n) is 17.4. The number of quaternary nitrogens is 1. The maximum atomic E-state index is 12.8. The molecule has 0 radical (unpaired) electrons. The summed E-state index contributed by atoms with van der Waals surface area (Å²) in [7, 11) is 5.92. The molecule has 9 nitrogen and oxygen atoms in total. The zero-order valence-electron chi connectivity index (χ0n) is 37.5. The van der Waals surface area contributed by atoms with Crippen molar-refractivity contribution in [2.24, 2.45) is 0 Å². The van der Waals surface area contributed by atoms with Gasteiger partial charge in [0.05, 0.1) is 40.3 Å². The molecule has 0 fully saturated rings. The van der Waals surface area contributed by atoms with E-state index in [2.05, 4.69) is 13.8 Å². The van der Waals surface area contributed by atoms with Crippen LogP contribution >= 0.6 is 0 Å². The van der Waals surface area contributed by atoms with E-state index in [0.29, 0.717) is 17.4 Å². The van der Waals surface area contributed by atoms with Gasteiger partial charge in [-0.2, -0.15) is 0 Å². The number of unbranched alkanes of at least 4 members (excludes halogenated alkanes) is 29. The zero-order chi connectivity index (χ0) is 41.4. The summed E-state index contributed by atoms with van der Waals surface area (Å²) in [6, 6.07) is 0. The number of carbonyl (C=O) groups excluding carboxylic acids is 3. The Hall–Kier alpha value is -1.71. The summed E-state index contributed by atoms with van der Waals surface area (Å²) in [5.41, 5.74) is 0. The van der Waals surface area contributed by atoms with Crippen LogP contribution in [0.15, 0.2) is 0 Å². The van der Waals surface area contributed by atoms with Gasteiger partial charge in [0.15, 0.2) is 12.4 Å². The Kier molecular flexibility index (Phi) is 38.9. The van der Waals surface area contributed by atoms with Gasteiger partial charge in [-0.3, -0.25) is 9.59 Å². The van der Waals surface area contributed by atoms with E-state index in [9.17, 15) is 19.5 Å². The van der Waals surface area contributed by atoms with Gasteiger partial charge in [0.2, 0.25) is 0 Å². The van der Waals surface area contributed by atoms with Crippen LogP contribution in [-0.4, -0.2) is 82.3 Å². The van der Waals surface area contributed by atoms with Crippen molar-refractivity contribution >= 4 is 17.9 Å². The lowest BCUT2D eigenvalue weighted by atomic mass is 10.0. The molecule has 0 amide bonds. The Bertz CT molecular complexity index is 892. The third kappa shape index (κ3) is 40.5. The van der Waals surface area contributed by atoms with Gasteiger partial charge in [-0.05, 0) is 12.8 Å². The molecular weight excluding hydrogens is 707 g/mol. The fraction of sp³-hybridized carbons (Fsp3) is 0.936. The quantitative estimate of drug-likeness (QED) is 0.0259. The Morgan fingerprint density at radius 2 is 0.804 bits per heavy atom. The number of carboxylic acid groups (broad SMARTS) is 1. The van der Waals surface area contributed by atoms with Crippen molar-refractivity contribution < 1.29 is 42.9 Å². The standard InChI is InChI=1S/C47H91NO8/c1-6-8-10-12-14-16-18-19-20-21-22-23-24-25-26-27-28-30-32-34-36-38-45(50)56-43(42-55-47(46(51)52)53-40-39-48(3,4)5)41-54-44(49)37-35-33-31-29-17-15-13-11-9-7-2/h43,47H,6-42H2,1-5H3. The minimum Gasteiger partial charge on any atom is -0.545 e. The van der Waals surface area contributed by atoms with Gasteiger partial charge in [0.25, 0.3) is 0 Å². The van der Waals surface area contributed by atoms with Crippen molar-refractivity contribution in [2.75, 3.05) is 47.5 Å². The molecule has 0 aromatic carbocycles. The maximum absolute atomic E-state index is 12.8. The number of aliphatic carboxylic acids is 1. The van der Waals surface area contributed by atoms with Crippen LogP contribution in [0, 0.1) is 0 Å². The van der Waals surface area contributed by atoms with Gasteiger partial charge in [0.1, 0.15) is 13.2 Å². The molecule has 0 aliphatic heterocycles. The van der Waals surface area contributed by atoms with Gasteiger partial charge in [-0.25, -0.2) is 0 Å². The van der Waals surface area contributed by atoms with Crippen LogP contribution in [0.5, 0.6) is 0 Å². The highest BCUT2D eigenvalue weighted by Crippen LogP contribution is 2.16. The largest absolute Gasteiger partial charge is 0.545 e. The smallest absolute Gasteiger partial charge is 0.306 e. The molecule has 0 heterocycles. The molecule has 0 spiro atoms. The number of ether oxygens (including phenoxy) is 4. The van der Waals surface area contributed by atoms with E-state index in [1.807, 2.05) is 21.1 Å². The molecule has 0 aromatic rings. The molecule has 0 aliphatic carbocycles. The van der Waals surface area contributed by atoms with Crippen LogP contribution in [0.4, 0.5) is 0 Å². The highest BCUT2D eigenvalue weighted by Gasteiger charge is 2.21. The number of carbonyl (C=O) groups is 3. The van der Waals surface area contributed by atoms with Crippen LogP contribution in [0.3, 0.4) is 0 Å². The summed E-state index contributed by atoms with van der Waals surface area (Å²) < 4.78 is 22.5. The van der Waals surface area contributed by atoms with Gasteiger partial charge < -0.3 is 33.3 Å². The van der Waals surface area contributed by atoms with E-state index in [-0.39, 0.29) is 32.2 Å². The molecule has 0 N–H and O–H groups in total. The average molecular weight is 798 g/mol. The molecule has 0 rings (SSSR count). The van der Waals surface area contributed by atoms with Crippen LogP contribution in [0.25, 0.3) is 0 Å². The Labute approximate surface area is 345 Å². The number of likely N-dealkylation sites (N-methyl/N-ethyl adjacent to an activating group) is 1. The molecule has 0 aromatic heterocycles. The first-order chi connectivity index (χ1) is 27.1. The molecule has 2 unspecified atom stereocenters. The summed E-state index contributed by atoms with van der Waals surface area (Å²) in [5.74, 6) is -2.27. The van der Waals surface area contributed by atoms with Gasteiger partial charge in [-0.1, -0.05) is 200 Å².